The zero-order chi connectivity index (χ0) is 15.5. The van der Waals surface area contributed by atoms with E-state index < -0.39 is 16.2 Å². The summed E-state index contributed by atoms with van der Waals surface area (Å²) < 4.78 is 27.6. The van der Waals surface area contributed by atoms with Crippen molar-refractivity contribution in [1.82, 2.24) is 4.31 Å². The third-order valence-corrected chi connectivity index (χ3v) is 4.82. The highest BCUT2D eigenvalue weighted by molar-refractivity contribution is 7.90. The summed E-state index contributed by atoms with van der Waals surface area (Å²) in [4.78, 5) is 10.8. The number of nitrogens with zero attached hydrogens (tertiary/aromatic N) is 1. The van der Waals surface area contributed by atoms with Gasteiger partial charge in [-0.05, 0) is 12.1 Å². The molecular weight excluding hydrogens is 327 g/mol. The highest BCUT2D eigenvalue weighted by atomic mass is 35.5. The molecule has 0 aliphatic rings. The second-order valence-electron chi connectivity index (χ2n) is 3.81. The number of carbonyl (C=O) groups is 1. The van der Waals surface area contributed by atoms with Gasteiger partial charge in [-0.15, -0.1) is 0 Å². The lowest BCUT2D eigenvalue weighted by atomic mass is 10.2. The van der Waals surface area contributed by atoms with Crippen molar-refractivity contribution in [3.05, 3.63) is 27.7 Å². The number of rotatable bonds is 6. The van der Waals surface area contributed by atoms with Crippen LogP contribution in [-0.2, 0) is 10.2 Å². The quantitative estimate of drug-likeness (QED) is 0.833. The van der Waals surface area contributed by atoms with E-state index in [1.54, 1.807) is 13.8 Å². The third kappa shape index (κ3) is 3.76. The zero-order valence-electron chi connectivity index (χ0n) is 10.9. The fourth-order valence-corrected chi connectivity index (χ4v) is 3.53. The summed E-state index contributed by atoms with van der Waals surface area (Å²) in [6, 6.07) is 2.27. The van der Waals surface area contributed by atoms with Gasteiger partial charge in [0.25, 0.3) is 0 Å². The normalized spacial score (nSPS) is 11.7. The van der Waals surface area contributed by atoms with Crippen LogP contribution in [0, 0.1) is 0 Å². The summed E-state index contributed by atoms with van der Waals surface area (Å²) in [5, 5.41) is 8.70. The second-order valence-corrected chi connectivity index (χ2v) is 6.30. The van der Waals surface area contributed by atoms with Crippen LogP contribution in [0.1, 0.15) is 24.2 Å². The molecule has 0 bridgehead atoms. The molecule has 1 rings (SSSR count). The minimum atomic E-state index is -3.79. The first kappa shape index (κ1) is 17.0. The van der Waals surface area contributed by atoms with Crippen LogP contribution < -0.4 is 4.72 Å². The molecule has 20 heavy (non-hydrogen) atoms. The maximum Gasteiger partial charge on any atom is 0.335 e. The Bertz CT molecular complexity index is 592. The maximum absolute atomic E-state index is 12.1. The maximum atomic E-state index is 12.1. The topological polar surface area (TPSA) is 86.7 Å². The van der Waals surface area contributed by atoms with Gasteiger partial charge in [0, 0.05) is 13.1 Å². The van der Waals surface area contributed by atoms with Gasteiger partial charge < -0.3 is 5.11 Å². The van der Waals surface area contributed by atoms with Gasteiger partial charge in [-0.1, -0.05) is 37.0 Å². The Morgan fingerprint density at radius 1 is 1.25 bits per heavy atom. The Kier molecular flexibility index (Phi) is 5.64. The summed E-state index contributed by atoms with van der Waals surface area (Å²) in [6.45, 7) is 3.96. The van der Waals surface area contributed by atoms with Crippen molar-refractivity contribution in [3.63, 3.8) is 0 Å². The van der Waals surface area contributed by atoms with Crippen LogP contribution in [0.4, 0.5) is 5.69 Å². The van der Waals surface area contributed by atoms with Crippen LogP contribution in [0.15, 0.2) is 12.1 Å². The Balaban J connectivity index is 3.20. The van der Waals surface area contributed by atoms with E-state index in [1.165, 1.54) is 4.31 Å². The predicted octanol–water partition coefficient (Wildman–Crippen LogP) is 2.69. The van der Waals surface area contributed by atoms with Crippen LogP contribution >= 0.6 is 23.2 Å². The van der Waals surface area contributed by atoms with E-state index in [1.807, 2.05) is 0 Å². The lowest BCUT2D eigenvalue weighted by Gasteiger charge is -2.20. The molecule has 0 spiro atoms. The molecule has 2 N–H and O–H groups in total. The Morgan fingerprint density at radius 2 is 1.70 bits per heavy atom. The second kappa shape index (κ2) is 6.62. The number of halogens is 2. The first-order chi connectivity index (χ1) is 9.22. The molecule has 9 heteroatoms. The molecule has 0 atom stereocenters. The highest BCUT2D eigenvalue weighted by Crippen LogP contribution is 2.33. The molecule has 6 nitrogen and oxygen atoms in total. The van der Waals surface area contributed by atoms with Gasteiger partial charge >= 0.3 is 16.2 Å². The van der Waals surface area contributed by atoms with Gasteiger partial charge in [0.2, 0.25) is 0 Å². The van der Waals surface area contributed by atoms with Gasteiger partial charge in [-0.25, -0.2) is 4.79 Å². The Hall–Kier alpha value is -1.02. The molecule has 0 fully saturated rings. The first-order valence-corrected chi connectivity index (χ1v) is 7.92. The molecule has 0 heterocycles. The van der Waals surface area contributed by atoms with Crippen molar-refractivity contribution < 1.29 is 18.3 Å². The van der Waals surface area contributed by atoms with Crippen LogP contribution in [0.3, 0.4) is 0 Å². The minimum absolute atomic E-state index is 0.0368. The first-order valence-electron chi connectivity index (χ1n) is 5.73. The van der Waals surface area contributed by atoms with Crippen molar-refractivity contribution in [2.45, 2.75) is 13.8 Å². The van der Waals surface area contributed by atoms with Gasteiger partial charge in [-0.3, -0.25) is 4.72 Å². The molecule has 1 aromatic rings. The molecule has 0 saturated carbocycles. The molecule has 0 aliphatic carbocycles. The molecule has 1 aromatic carbocycles. The van der Waals surface area contributed by atoms with Crippen LogP contribution in [0.25, 0.3) is 0 Å². The van der Waals surface area contributed by atoms with E-state index in [4.69, 9.17) is 28.3 Å². The fourth-order valence-electron chi connectivity index (χ4n) is 1.55. The Labute approximate surface area is 127 Å². The zero-order valence-corrected chi connectivity index (χ0v) is 13.2. The number of benzene rings is 1. The highest BCUT2D eigenvalue weighted by Gasteiger charge is 2.22. The van der Waals surface area contributed by atoms with Gasteiger partial charge in [0.15, 0.2) is 0 Å². The van der Waals surface area contributed by atoms with Crippen LogP contribution in [-0.4, -0.2) is 36.9 Å². The van der Waals surface area contributed by atoms with Gasteiger partial charge in [0.05, 0.1) is 21.3 Å². The summed E-state index contributed by atoms with van der Waals surface area (Å²) in [5.41, 5.74) is -0.156. The predicted molar refractivity (Wildman–Crippen MR) is 78.9 cm³/mol. The van der Waals surface area contributed by atoms with Gasteiger partial charge in [-0.2, -0.15) is 12.7 Å². The summed E-state index contributed by atoms with van der Waals surface area (Å²) in [7, 11) is -3.79. The van der Waals surface area contributed by atoms with E-state index in [0.29, 0.717) is 0 Å². The molecule has 112 valence electrons. The standard InChI is InChI=1S/C11H14Cl2N2O4S/c1-3-15(4-2)20(18,19)14-10-8(12)5-7(11(16)17)6-9(10)13/h5-6,14H,3-4H2,1-2H3,(H,16,17). The summed E-state index contributed by atoms with van der Waals surface area (Å²) in [5.74, 6) is -1.20. The molecule has 0 radical (unpaired) electrons. The smallest absolute Gasteiger partial charge is 0.335 e. The fraction of sp³-hybridized carbons (Fsp3) is 0.364. The third-order valence-electron chi connectivity index (χ3n) is 2.57. The number of carboxylic acid groups (broad SMARTS) is 1. The van der Waals surface area contributed by atoms with Crippen molar-refractivity contribution in [2.24, 2.45) is 0 Å². The van der Waals surface area contributed by atoms with Crippen molar-refractivity contribution in [3.8, 4) is 0 Å². The van der Waals surface area contributed by atoms with Crippen LogP contribution in [0.5, 0.6) is 0 Å². The number of hydrogen-bond acceptors (Lipinski definition) is 3. The number of hydrogen-bond donors (Lipinski definition) is 2. The lowest BCUT2D eigenvalue weighted by Crippen LogP contribution is -2.35. The summed E-state index contributed by atoms with van der Waals surface area (Å²) in [6.07, 6.45) is 0. The lowest BCUT2D eigenvalue weighted by molar-refractivity contribution is 0.0697. The Morgan fingerprint density at radius 3 is 2.05 bits per heavy atom. The number of aromatic carboxylic acids is 1. The van der Waals surface area contributed by atoms with Crippen molar-refractivity contribution >= 4 is 45.1 Å². The molecule has 0 amide bonds. The number of anilines is 1. The molecular formula is C11H14Cl2N2O4S. The van der Waals surface area contributed by atoms with E-state index >= 15 is 0 Å². The van der Waals surface area contributed by atoms with Crippen molar-refractivity contribution in [2.75, 3.05) is 17.8 Å². The molecule has 0 saturated heterocycles. The van der Waals surface area contributed by atoms with E-state index in [0.717, 1.165) is 12.1 Å². The summed E-state index contributed by atoms with van der Waals surface area (Å²) >= 11 is 11.8. The van der Waals surface area contributed by atoms with Crippen LogP contribution in [0.2, 0.25) is 10.0 Å². The molecule has 0 unspecified atom stereocenters. The van der Waals surface area contributed by atoms with Crippen molar-refractivity contribution in [1.29, 1.82) is 0 Å². The average molecular weight is 341 g/mol. The molecule has 0 aromatic heterocycles. The number of carboxylic acids is 1. The van der Waals surface area contributed by atoms with Gasteiger partial charge in [0.1, 0.15) is 0 Å². The van der Waals surface area contributed by atoms with E-state index in [9.17, 15) is 13.2 Å². The monoisotopic (exact) mass is 340 g/mol. The SMILES string of the molecule is CCN(CC)S(=O)(=O)Nc1c(Cl)cc(C(=O)O)cc1Cl. The minimum Gasteiger partial charge on any atom is -0.478 e. The number of nitrogens with one attached hydrogen (secondary N) is 1. The van der Waals surface area contributed by atoms with E-state index in [2.05, 4.69) is 4.72 Å². The molecule has 0 aliphatic heterocycles. The average Bonchev–Trinajstić information content (AvgIpc) is 2.34. The largest absolute Gasteiger partial charge is 0.478 e. The van der Waals surface area contributed by atoms with E-state index in [-0.39, 0.29) is 34.4 Å².